The topological polar surface area (TPSA) is 40.2 Å². The zero-order valence-electron chi connectivity index (χ0n) is 10.9. The Morgan fingerprint density at radius 3 is 2.63 bits per heavy atom. The lowest BCUT2D eigenvalue weighted by Gasteiger charge is -2.17. The Labute approximate surface area is 123 Å². The highest BCUT2D eigenvalue weighted by Gasteiger charge is 2.34. The van der Waals surface area contributed by atoms with Gasteiger partial charge in [-0.1, -0.05) is 23.2 Å². The van der Waals surface area contributed by atoms with Crippen molar-refractivity contribution in [1.29, 1.82) is 0 Å². The molecule has 2 N–H and O–H groups in total. The molecule has 104 valence electrons. The monoisotopic (exact) mass is 300 g/mol. The predicted molar refractivity (Wildman–Crippen MR) is 80.4 cm³/mol. The molecular formula is C13H18Cl2N4. The molecule has 1 saturated heterocycles. The molecule has 3 rings (SSSR count). The molecular weight excluding hydrogens is 283 g/mol. The van der Waals surface area contributed by atoms with Crippen molar-refractivity contribution in [2.75, 3.05) is 30.8 Å². The van der Waals surface area contributed by atoms with Crippen LogP contribution in [-0.2, 0) is 0 Å². The molecule has 1 atom stereocenters. The predicted octanol–water partition coefficient (Wildman–Crippen LogP) is 3.08. The summed E-state index contributed by atoms with van der Waals surface area (Å²) >= 11 is 12.2. The van der Waals surface area contributed by atoms with Crippen molar-refractivity contribution in [3.63, 3.8) is 0 Å². The molecule has 1 aromatic heterocycles. The van der Waals surface area contributed by atoms with Crippen molar-refractivity contribution in [2.24, 2.45) is 0 Å². The number of hydrogen-bond donors (Lipinski definition) is 2. The van der Waals surface area contributed by atoms with Crippen LogP contribution in [0.2, 0.25) is 10.0 Å². The number of nitrogens with one attached hydrogen (secondary N) is 2. The van der Waals surface area contributed by atoms with E-state index >= 15 is 0 Å². The third kappa shape index (κ3) is 2.91. The van der Waals surface area contributed by atoms with Crippen LogP contribution in [0.4, 0.5) is 11.6 Å². The number of anilines is 2. The van der Waals surface area contributed by atoms with Crippen molar-refractivity contribution in [1.82, 2.24) is 9.88 Å². The Morgan fingerprint density at radius 2 is 1.95 bits per heavy atom. The van der Waals surface area contributed by atoms with Crippen molar-refractivity contribution in [3.05, 3.63) is 16.1 Å². The van der Waals surface area contributed by atoms with Gasteiger partial charge < -0.3 is 10.6 Å². The highest BCUT2D eigenvalue weighted by atomic mass is 35.5. The van der Waals surface area contributed by atoms with Gasteiger partial charge in [0.1, 0.15) is 11.6 Å². The van der Waals surface area contributed by atoms with Gasteiger partial charge in [0.05, 0.1) is 10.0 Å². The molecule has 2 aliphatic rings. The van der Waals surface area contributed by atoms with Crippen molar-refractivity contribution in [2.45, 2.75) is 31.3 Å². The number of hydrogen-bond acceptors (Lipinski definition) is 4. The average Bonchev–Trinajstić information content (AvgIpc) is 3.13. The number of halogens is 2. The average molecular weight is 301 g/mol. The van der Waals surface area contributed by atoms with Crippen LogP contribution < -0.4 is 10.6 Å². The Kier molecular flexibility index (Phi) is 3.74. The van der Waals surface area contributed by atoms with Crippen LogP contribution in [-0.4, -0.2) is 42.1 Å². The standard InChI is InChI=1S/C13H18Cl2N4/c1-16-12-10(14)6-11(15)13(18-12)17-8-4-5-19(7-8)9-2-3-9/h6,8-9H,2-5,7H2,1H3,(H2,16,17,18). The maximum Gasteiger partial charge on any atom is 0.147 e. The van der Waals surface area contributed by atoms with Crippen LogP contribution in [0.1, 0.15) is 19.3 Å². The minimum absolute atomic E-state index is 0.427. The molecule has 1 saturated carbocycles. The van der Waals surface area contributed by atoms with Gasteiger partial charge in [-0.15, -0.1) is 0 Å². The van der Waals surface area contributed by atoms with E-state index in [9.17, 15) is 0 Å². The van der Waals surface area contributed by atoms with Gasteiger partial charge in [-0.3, -0.25) is 4.90 Å². The highest BCUT2D eigenvalue weighted by molar-refractivity contribution is 6.37. The van der Waals surface area contributed by atoms with E-state index in [1.54, 1.807) is 13.1 Å². The summed E-state index contributed by atoms with van der Waals surface area (Å²) in [7, 11) is 1.80. The maximum absolute atomic E-state index is 6.20. The molecule has 0 radical (unpaired) electrons. The van der Waals surface area contributed by atoms with Crippen LogP contribution >= 0.6 is 23.2 Å². The number of nitrogens with zero attached hydrogens (tertiary/aromatic N) is 2. The highest BCUT2D eigenvalue weighted by Crippen LogP contribution is 2.33. The molecule has 0 amide bonds. The summed E-state index contributed by atoms with van der Waals surface area (Å²) in [6.45, 7) is 2.26. The minimum atomic E-state index is 0.427. The Bertz CT molecular complexity index is 476. The molecule has 1 aliphatic heterocycles. The molecule has 1 aromatic rings. The van der Waals surface area contributed by atoms with Gasteiger partial charge in [0.25, 0.3) is 0 Å². The van der Waals surface area contributed by atoms with E-state index in [2.05, 4.69) is 20.5 Å². The third-order valence-electron chi connectivity index (χ3n) is 3.79. The third-order valence-corrected chi connectivity index (χ3v) is 4.37. The quantitative estimate of drug-likeness (QED) is 0.896. The lowest BCUT2D eigenvalue weighted by molar-refractivity contribution is 0.326. The molecule has 0 aromatic carbocycles. The van der Waals surface area contributed by atoms with Crippen molar-refractivity contribution < 1.29 is 0 Å². The zero-order chi connectivity index (χ0) is 13.4. The van der Waals surface area contributed by atoms with Crippen LogP contribution in [0.15, 0.2) is 6.07 Å². The van der Waals surface area contributed by atoms with E-state index in [4.69, 9.17) is 23.2 Å². The smallest absolute Gasteiger partial charge is 0.147 e. The minimum Gasteiger partial charge on any atom is -0.372 e. The fraction of sp³-hybridized carbons (Fsp3) is 0.615. The van der Waals surface area contributed by atoms with E-state index < -0.39 is 0 Å². The first kappa shape index (κ1) is 13.3. The molecule has 1 unspecified atom stereocenters. The summed E-state index contributed by atoms with van der Waals surface area (Å²) in [5, 5.41) is 7.54. The molecule has 4 nitrogen and oxygen atoms in total. The van der Waals surface area contributed by atoms with E-state index in [-0.39, 0.29) is 0 Å². The summed E-state index contributed by atoms with van der Waals surface area (Å²) in [5.41, 5.74) is 0. The Hall–Kier alpha value is -0.710. The van der Waals surface area contributed by atoms with E-state index in [0.29, 0.717) is 21.9 Å². The van der Waals surface area contributed by atoms with Crippen molar-refractivity contribution in [3.8, 4) is 0 Å². The molecule has 6 heteroatoms. The van der Waals surface area contributed by atoms with E-state index in [1.807, 2.05) is 0 Å². The SMILES string of the molecule is CNc1nc(NC2CCN(C3CC3)C2)c(Cl)cc1Cl. The van der Waals surface area contributed by atoms with Crippen LogP contribution in [0.5, 0.6) is 0 Å². The van der Waals surface area contributed by atoms with Gasteiger partial charge in [-0.05, 0) is 25.3 Å². The summed E-state index contributed by atoms with van der Waals surface area (Å²) in [6, 6.07) is 2.99. The fourth-order valence-electron chi connectivity index (χ4n) is 2.61. The second kappa shape index (κ2) is 5.35. The number of aromatic nitrogens is 1. The Balaban J connectivity index is 1.69. The number of rotatable bonds is 4. The second-order valence-electron chi connectivity index (χ2n) is 5.26. The van der Waals surface area contributed by atoms with Gasteiger partial charge >= 0.3 is 0 Å². The largest absolute Gasteiger partial charge is 0.372 e. The zero-order valence-corrected chi connectivity index (χ0v) is 12.4. The fourth-order valence-corrected chi connectivity index (χ4v) is 3.12. The number of pyridine rings is 1. The first-order valence-corrected chi connectivity index (χ1v) is 7.47. The molecule has 1 aliphatic carbocycles. The van der Waals surface area contributed by atoms with Crippen LogP contribution in [0.25, 0.3) is 0 Å². The van der Waals surface area contributed by atoms with Gasteiger partial charge in [-0.25, -0.2) is 4.98 Å². The lowest BCUT2D eigenvalue weighted by Crippen LogP contribution is -2.28. The first-order valence-electron chi connectivity index (χ1n) is 6.71. The molecule has 0 bridgehead atoms. The van der Waals surface area contributed by atoms with Gasteiger partial charge in [0.15, 0.2) is 0 Å². The maximum atomic E-state index is 6.20. The van der Waals surface area contributed by atoms with Crippen LogP contribution in [0.3, 0.4) is 0 Å². The summed E-state index contributed by atoms with van der Waals surface area (Å²) in [4.78, 5) is 6.99. The van der Waals surface area contributed by atoms with Crippen molar-refractivity contribution >= 4 is 34.8 Å². The molecule has 19 heavy (non-hydrogen) atoms. The molecule has 2 heterocycles. The summed E-state index contributed by atoms with van der Waals surface area (Å²) in [6.07, 6.45) is 3.86. The summed E-state index contributed by atoms with van der Waals surface area (Å²) in [5.74, 6) is 1.38. The van der Waals surface area contributed by atoms with Gasteiger partial charge in [0, 0.05) is 32.2 Å². The van der Waals surface area contributed by atoms with Gasteiger partial charge in [-0.2, -0.15) is 0 Å². The van der Waals surface area contributed by atoms with E-state index in [1.165, 1.54) is 19.4 Å². The normalized spacial score (nSPS) is 23.6. The molecule has 2 fully saturated rings. The van der Waals surface area contributed by atoms with E-state index in [0.717, 1.165) is 24.8 Å². The lowest BCUT2D eigenvalue weighted by atomic mass is 10.2. The summed E-state index contributed by atoms with van der Waals surface area (Å²) < 4.78 is 0. The Morgan fingerprint density at radius 1 is 1.21 bits per heavy atom. The number of likely N-dealkylation sites (tertiary alicyclic amines) is 1. The molecule has 0 spiro atoms. The van der Waals surface area contributed by atoms with Gasteiger partial charge in [0.2, 0.25) is 0 Å². The second-order valence-corrected chi connectivity index (χ2v) is 6.07. The first-order chi connectivity index (χ1) is 9.17. The van der Waals surface area contributed by atoms with Crippen LogP contribution in [0, 0.1) is 0 Å².